The van der Waals surface area contributed by atoms with E-state index in [0.29, 0.717) is 33.6 Å². The second-order valence-corrected chi connectivity index (χ2v) is 9.70. The van der Waals surface area contributed by atoms with Gasteiger partial charge >= 0.3 is 0 Å². The highest BCUT2D eigenvalue weighted by Crippen LogP contribution is 2.24. The van der Waals surface area contributed by atoms with Crippen LogP contribution in [0.3, 0.4) is 0 Å². The topological polar surface area (TPSA) is 56.5 Å². The van der Waals surface area contributed by atoms with Crippen LogP contribution in [0.4, 0.5) is 4.39 Å². The van der Waals surface area contributed by atoms with Crippen molar-refractivity contribution in [2.75, 3.05) is 0 Å². The molecule has 0 N–H and O–H groups in total. The molecule has 1 heterocycles. The summed E-state index contributed by atoms with van der Waals surface area (Å²) in [4.78, 5) is 18.1. The number of fused-ring (bicyclic) bond motifs is 1. The molecule has 34 heavy (non-hydrogen) atoms. The summed E-state index contributed by atoms with van der Waals surface area (Å²) in [5.74, 6) is 0.803. The Bertz CT molecular complexity index is 1440. The maximum Gasteiger partial charge on any atom is 0.282 e. The molecule has 0 saturated heterocycles. The van der Waals surface area contributed by atoms with Crippen LogP contribution in [0.1, 0.15) is 43.1 Å². The van der Waals surface area contributed by atoms with Crippen molar-refractivity contribution in [2.45, 2.75) is 32.8 Å². The first-order valence-corrected chi connectivity index (χ1v) is 12.4. The van der Waals surface area contributed by atoms with E-state index in [1.54, 1.807) is 36.5 Å². The average molecular weight is 587 g/mol. The third kappa shape index (κ3) is 5.28. The lowest BCUT2D eigenvalue weighted by Gasteiger charge is -2.14. The van der Waals surface area contributed by atoms with Crippen molar-refractivity contribution < 1.29 is 9.13 Å². The molecule has 0 aliphatic carbocycles. The molecule has 1 aromatic heterocycles. The van der Waals surface area contributed by atoms with E-state index in [-0.39, 0.29) is 23.9 Å². The van der Waals surface area contributed by atoms with Crippen LogP contribution >= 0.6 is 31.9 Å². The molecule has 4 aromatic rings. The van der Waals surface area contributed by atoms with Crippen molar-refractivity contribution in [2.24, 2.45) is 5.10 Å². The van der Waals surface area contributed by atoms with Crippen LogP contribution in [-0.2, 0) is 6.61 Å². The number of rotatable bonds is 7. The fourth-order valence-corrected chi connectivity index (χ4v) is 4.16. The SMILES string of the molecule is CC[C@@H](C)c1nc2ccc(Br)cc2c(=O)n1N=Cc1cc(Br)ccc1OCc1ccccc1F. The first-order chi connectivity index (χ1) is 16.4. The van der Waals surface area contributed by atoms with Crippen LogP contribution in [0.2, 0.25) is 0 Å². The number of benzene rings is 3. The molecular formula is C26H22Br2FN3O2. The molecule has 174 valence electrons. The van der Waals surface area contributed by atoms with Crippen LogP contribution in [0.5, 0.6) is 5.75 Å². The molecule has 3 aromatic carbocycles. The maximum atomic E-state index is 14.0. The van der Waals surface area contributed by atoms with Crippen LogP contribution in [0.15, 0.2) is 79.5 Å². The fourth-order valence-electron chi connectivity index (χ4n) is 3.42. The lowest BCUT2D eigenvalue weighted by molar-refractivity contribution is 0.299. The Morgan fingerprint density at radius 2 is 1.85 bits per heavy atom. The van der Waals surface area contributed by atoms with Crippen molar-refractivity contribution in [1.82, 2.24) is 9.66 Å². The number of aromatic nitrogens is 2. The first-order valence-electron chi connectivity index (χ1n) is 10.8. The van der Waals surface area contributed by atoms with Crippen molar-refractivity contribution in [3.63, 3.8) is 0 Å². The number of halogens is 3. The highest BCUT2D eigenvalue weighted by Gasteiger charge is 2.16. The van der Waals surface area contributed by atoms with Gasteiger partial charge in [-0.3, -0.25) is 4.79 Å². The highest BCUT2D eigenvalue weighted by atomic mass is 79.9. The highest BCUT2D eigenvalue weighted by molar-refractivity contribution is 9.10. The van der Waals surface area contributed by atoms with Gasteiger partial charge < -0.3 is 4.74 Å². The van der Waals surface area contributed by atoms with Gasteiger partial charge in [-0.2, -0.15) is 9.78 Å². The van der Waals surface area contributed by atoms with Crippen molar-refractivity contribution in [1.29, 1.82) is 0 Å². The molecule has 8 heteroatoms. The van der Waals surface area contributed by atoms with E-state index in [0.717, 1.165) is 15.4 Å². The predicted octanol–water partition coefficient (Wildman–Crippen LogP) is 7.04. The zero-order valence-electron chi connectivity index (χ0n) is 18.6. The number of ether oxygens (including phenoxy) is 1. The average Bonchev–Trinajstić information content (AvgIpc) is 2.83. The first kappa shape index (κ1) is 24.3. The van der Waals surface area contributed by atoms with Crippen molar-refractivity contribution in [3.05, 3.63) is 103 Å². The van der Waals surface area contributed by atoms with Gasteiger partial charge in [-0.25, -0.2) is 9.37 Å². The smallest absolute Gasteiger partial charge is 0.282 e. The Morgan fingerprint density at radius 3 is 2.62 bits per heavy atom. The Balaban J connectivity index is 1.75. The van der Waals surface area contributed by atoms with E-state index in [1.165, 1.54) is 10.7 Å². The minimum atomic E-state index is -0.326. The number of hydrogen-bond acceptors (Lipinski definition) is 4. The largest absolute Gasteiger partial charge is 0.488 e. The second-order valence-electron chi connectivity index (χ2n) is 7.86. The molecular weight excluding hydrogens is 565 g/mol. The molecule has 1 atom stereocenters. The molecule has 4 rings (SSSR count). The normalized spacial score (nSPS) is 12.4. The summed E-state index contributed by atoms with van der Waals surface area (Å²) in [5.41, 5.74) is 1.47. The summed E-state index contributed by atoms with van der Waals surface area (Å²) >= 11 is 6.89. The Hall–Kier alpha value is -2.84. The molecule has 0 radical (unpaired) electrons. The van der Waals surface area contributed by atoms with E-state index < -0.39 is 0 Å². The summed E-state index contributed by atoms with van der Waals surface area (Å²) in [5, 5.41) is 5.00. The minimum absolute atomic E-state index is 0.0252. The molecule has 0 unspecified atom stereocenters. The van der Waals surface area contributed by atoms with E-state index in [2.05, 4.69) is 37.0 Å². The van der Waals surface area contributed by atoms with Gasteiger partial charge in [-0.1, -0.05) is 63.9 Å². The van der Waals surface area contributed by atoms with Gasteiger partial charge in [0.05, 0.1) is 17.1 Å². The van der Waals surface area contributed by atoms with Gasteiger partial charge in [0, 0.05) is 26.0 Å². The Morgan fingerprint density at radius 1 is 1.12 bits per heavy atom. The standard InChI is InChI=1S/C26H22Br2FN3O2/c1-3-16(2)25-31-23-10-8-20(28)13-21(23)26(33)32(25)30-14-18-12-19(27)9-11-24(18)34-15-17-6-4-5-7-22(17)29/h4-14,16H,3,15H2,1-2H3/t16-/m1/s1. The quantitative estimate of drug-likeness (QED) is 0.218. The van der Waals surface area contributed by atoms with Gasteiger partial charge in [-0.15, -0.1) is 0 Å². The third-order valence-corrected chi connectivity index (χ3v) is 6.50. The van der Waals surface area contributed by atoms with Gasteiger partial charge in [0.1, 0.15) is 24.0 Å². The molecule has 0 saturated carbocycles. The second kappa shape index (κ2) is 10.6. The van der Waals surface area contributed by atoms with Crippen LogP contribution < -0.4 is 10.3 Å². The number of nitrogens with zero attached hydrogens (tertiary/aromatic N) is 3. The van der Waals surface area contributed by atoms with Gasteiger partial charge in [-0.05, 0) is 48.9 Å². The maximum absolute atomic E-state index is 14.0. The Labute approximate surface area is 213 Å². The van der Waals surface area contributed by atoms with Crippen molar-refractivity contribution >= 4 is 49.0 Å². The van der Waals surface area contributed by atoms with Gasteiger partial charge in [0.25, 0.3) is 5.56 Å². The summed E-state index contributed by atoms with van der Waals surface area (Å²) in [6, 6.07) is 17.4. The Kier molecular flexibility index (Phi) is 7.58. The molecule has 0 spiro atoms. The van der Waals surface area contributed by atoms with E-state index in [9.17, 15) is 9.18 Å². The van der Waals surface area contributed by atoms with E-state index in [1.807, 2.05) is 38.1 Å². The van der Waals surface area contributed by atoms with Crippen LogP contribution in [-0.4, -0.2) is 15.9 Å². The zero-order chi connectivity index (χ0) is 24.2. The molecule has 0 fully saturated rings. The van der Waals surface area contributed by atoms with Crippen molar-refractivity contribution in [3.8, 4) is 5.75 Å². The molecule has 0 bridgehead atoms. The molecule has 5 nitrogen and oxygen atoms in total. The summed E-state index contributed by atoms with van der Waals surface area (Å²) < 4.78 is 22.9. The summed E-state index contributed by atoms with van der Waals surface area (Å²) in [7, 11) is 0. The van der Waals surface area contributed by atoms with E-state index >= 15 is 0 Å². The molecule has 0 amide bonds. The lowest BCUT2D eigenvalue weighted by atomic mass is 10.1. The third-order valence-electron chi connectivity index (χ3n) is 5.51. The van der Waals surface area contributed by atoms with Gasteiger partial charge in [0.15, 0.2) is 0 Å². The molecule has 0 aliphatic rings. The van der Waals surface area contributed by atoms with Gasteiger partial charge in [0.2, 0.25) is 0 Å². The fraction of sp³-hybridized carbons (Fsp3) is 0.192. The van der Waals surface area contributed by atoms with E-state index in [4.69, 9.17) is 9.72 Å². The lowest BCUT2D eigenvalue weighted by Crippen LogP contribution is -2.23. The number of hydrogen-bond donors (Lipinski definition) is 0. The monoisotopic (exact) mass is 585 g/mol. The summed E-state index contributed by atoms with van der Waals surface area (Å²) in [6.07, 6.45) is 2.37. The molecule has 0 aliphatic heterocycles. The van der Waals surface area contributed by atoms with Crippen LogP contribution in [0.25, 0.3) is 10.9 Å². The van der Waals surface area contributed by atoms with Crippen LogP contribution in [0, 0.1) is 5.82 Å². The zero-order valence-corrected chi connectivity index (χ0v) is 21.8. The predicted molar refractivity (Wildman–Crippen MR) is 140 cm³/mol. The summed E-state index contributed by atoms with van der Waals surface area (Å²) in [6.45, 7) is 4.12. The minimum Gasteiger partial charge on any atom is -0.488 e.